The van der Waals surface area contributed by atoms with Crippen LogP contribution in [0.5, 0.6) is 17.2 Å². The van der Waals surface area contributed by atoms with Gasteiger partial charge >= 0.3 is 0 Å². The van der Waals surface area contributed by atoms with E-state index in [0.717, 1.165) is 5.56 Å². The fourth-order valence-corrected chi connectivity index (χ4v) is 4.83. The number of halogens is 2. The van der Waals surface area contributed by atoms with Crippen molar-refractivity contribution < 1.29 is 29.3 Å². The number of carbonyl (C=O) groups excluding carboxylic acids is 2. The van der Waals surface area contributed by atoms with Crippen molar-refractivity contribution in [2.45, 2.75) is 13.0 Å². The number of methoxy groups -OCH3 is 2. The number of aliphatic hydroxyl groups excluding tert-OH is 1. The highest BCUT2D eigenvalue weighted by molar-refractivity contribution is 6.52. The third-order valence-electron chi connectivity index (χ3n) is 5.73. The molecule has 0 bridgehead atoms. The lowest BCUT2D eigenvalue weighted by Gasteiger charge is -2.26. The van der Waals surface area contributed by atoms with Gasteiger partial charge in [-0.15, -0.1) is 0 Å². The number of phenols is 1. The molecule has 0 saturated carbocycles. The number of nitrogens with zero attached hydrogens (tertiary/aromatic N) is 1. The monoisotopic (exact) mass is 513 g/mol. The first-order chi connectivity index (χ1) is 16.7. The molecule has 7 nitrogen and oxygen atoms in total. The van der Waals surface area contributed by atoms with Gasteiger partial charge in [-0.2, -0.15) is 0 Å². The molecular formula is C26H21Cl2NO6. The van der Waals surface area contributed by atoms with E-state index >= 15 is 0 Å². The molecule has 1 amide bonds. The van der Waals surface area contributed by atoms with Gasteiger partial charge in [0.1, 0.15) is 16.5 Å². The minimum absolute atomic E-state index is 0.00172. The summed E-state index contributed by atoms with van der Waals surface area (Å²) in [5.41, 5.74) is 1.69. The van der Waals surface area contributed by atoms with Crippen molar-refractivity contribution in [1.82, 2.24) is 0 Å². The first-order valence-corrected chi connectivity index (χ1v) is 11.2. The number of carbonyl (C=O) groups is 2. The number of Topliss-reactive ketones (excluding diaryl/α,β-unsaturated/α-hetero) is 1. The molecular weight excluding hydrogens is 493 g/mol. The molecule has 1 saturated heterocycles. The van der Waals surface area contributed by atoms with Gasteiger partial charge in [0.05, 0.1) is 36.4 Å². The van der Waals surface area contributed by atoms with Crippen LogP contribution < -0.4 is 14.4 Å². The number of phenolic OH excluding ortho intramolecular Hbond substituents is 1. The Bertz CT molecular complexity index is 1370. The van der Waals surface area contributed by atoms with Crippen LogP contribution in [0.2, 0.25) is 10.0 Å². The largest absolute Gasteiger partial charge is 0.508 e. The molecule has 180 valence electrons. The summed E-state index contributed by atoms with van der Waals surface area (Å²) in [7, 11) is 2.72. The molecule has 9 heteroatoms. The molecule has 0 spiro atoms. The van der Waals surface area contributed by atoms with Crippen LogP contribution >= 0.6 is 23.2 Å². The number of rotatable bonds is 5. The van der Waals surface area contributed by atoms with E-state index in [1.165, 1.54) is 37.3 Å². The number of aliphatic hydroxyl groups is 1. The average Bonchev–Trinajstić information content (AvgIpc) is 3.09. The van der Waals surface area contributed by atoms with Crippen LogP contribution in [0.4, 0.5) is 5.69 Å². The Morgan fingerprint density at radius 1 is 0.971 bits per heavy atom. The van der Waals surface area contributed by atoms with Crippen LogP contribution in [-0.4, -0.2) is 36.1 Å². The van der Waals surface area contributed by atoms with E-state index in [1.807, 2.05) is 13.0 Å². The molecule has 1 fully saturated rings. The summed E-state index contributed by atoms with van der Waals surface area (Å²) in [6.45, 7) is 1.86. The van der Waals surface area contributed by atoms with Crippen molar-refractivity contribution in [2.75, 3.05) is 19.1 Å². The summed E-state index contributed by atoms with van der Waals surface area (Å²) in [4.78, 5) is 27.9. The number of anilines is 1. The Hall–Kier alpha value is -3.68. The van der Waals surface area contributed by atoms with Gasteiger partial charge in [0.25, 0.3) is 11.7 Å². The van der Waals surface area contributed by atoms with Gasteiger partial charge in [0, 0.05) is 5.69 Å². The molecule has 1 aliphatic rings. The van der Waals surface area contributed by atoms with Gasteiger partial charge in [-0.3, -0.25) is 14.5 Å². The van der Waals surface area contributed by atoms with Crippen LogP contribution in [0.15, 0.2) is 60.2 Å². The Balaban J connectivity index is 2.02. The third kappa shape index (κ3) is 4.17. The SMILES string of the molecule is COc1c(Cl)cc(/C(O)=C2\C(=O)C(=O)N(c3cccc(C)c3)C2c2ccc(O)cc2)c(OC)c1Cl. The van der Waals surface area contributed by atoms with Crippen LogP contribution in [0.3, 0.4) is 0 Å². The Labute approximate surface area is 211 Å². The van der Waals surface area contributed by atoms with E-state index in [2.05, 4.69) is 0 Å². The number of ketones is 1. The van der Waals surface area contributed by atoms with Crippen molar-refractivity contribution in [1.29, 1.82) is 0 Å². The zero-order valence-corrected chi connectivity index (χ0v) is 20.5. The first kappa shape index (κ1) is 24.4. The normalized spacial score (nSPS) is 17.1. The Morgan fingerprint density at radius 3 is 2.23 bits per heavy atom. The summed E-state index contributed by atoms with van der Waals surface area (Å²) >= 11 is 12.7. The number of hydrogen-bond acceptors (Lipinski definition) is 6. The molecule has 4 rings (SSSR count). The quantitative estimate of drug-likeness (QED) is 0.260. The van der Waals surface area contributed by atoms with E-state index in [9.17, 15) is 19.8 Å². The molecule has 0 aliphatic carbocycles. The maximum atomic E-state index is 13.3. The molecule has 1 heterocycles. The maximum absolute atomic E-state index is 13.3. The van der Waals surface area contributed by atoms with E-state index in [1.54, 1.807) is 30.3 Å². The lowest BCUT2D eigenvalue weighted by Crippen LogP contribution is -2.29. The zero-order chi connectivity index (χ0) is 25.4. The second kappa shape index (κ2) is 9.52. The summed E-state index contributed by atoms with van der Waals surface area (Å²) in [6.07, 6.45) is 0. The minimum Gasteiger partial charge on any atom is -0.508 e. The number of ether oxygens (including phenoxy) is 2. The molecule has 35 heavy (non-hydrogen) atoms. The van der Waals surface area contributed by atoms with Crippen molar-refractivity contribution in [3.05, 3.63) is 86.9 Å². The second-order valence-corrected chi connectivity index (χ2v) is 8.67. The van der Waals surface area contributed by atoms with Crippen molar-refractivity contribution in [2.24, 2.45) is 0 Å². The minimum atomic E-state index is -0.998. The average molecular weight is 514 g/mol. The van der Waals surface area contributed by atoms with Crippen LogP contribution in [-0.2, 0) is 9.59 Å². The van der Waals surface area contributed by atoms with E-state index < -0.39 is 23.5 Å². The molecule has 2 N–H and O–H groups in total. The van der Waals surface area contributed by atoms with Gasteiger partial charge in [-0.05, 0) is 48.4 Å². The zero-order valence-electron chi connectivity index (χ0n) is 19.0. The van der Waals surface area contributed by atoms with Gasteiger partial charge in [0.15, 0.2) is 11.5 Å². The van der Waals surface area contributed by atoms with Crippen LogP contribution in [0, 0.1) is 6.92 Å². The van der Waals surface area contributed by atoms with E-state index in [0.29, 0.717) is 11.3 Å². The highest BCUT2D eigenvalue weighted by Gasteiger charge is 2.47. The first-order valence-electron chi connectivity index (χ1n) is 10.5. The van der Waals surface area contributed by atoms with Crippen molar-refractivity contribution >= 4 is 46.3 Å². The lowest BCUT2D eigenvalue weighted by molar-refractivity contribution is -0.132. The van der Waals surface area contributed by atoms with Gasteiger partial charge < -0.3 is 19.7 Å². The molecule has 3 aromatic rings. The summed E-state index contributed by atoms with van der Waals surface area (Å²) < 4.78 is 10.6. The summed E-state index contributed by atoms with van der Waals surface area (Å²) in [6, 6.07) is 13.5. The van der Waals surface area contributed by atoms with Crippen molar-refractivity contribution in [3.8, 4) is 17.2 Å². The maximum Gasteiger partial charge on any atom is 0.300 e. The number of benzene rings is 3. The highest BCUT2D eigenvalue weighted by Crippen LogP contribution is 2.48. The second-order valence-electron chi connectivity index (χ2n) is 7.89. The van der Waals surface area contributed by atoms with Crippen LogP contribution in [0.25, 0.3) is 5.76 Å². The number of amides is 1. The number of hydrogen-bond donors (Lipinski definition) is 2. The Morgan fingerprint density at radius 2 is 1.63 bits per heavy atom. The van der Waals surface area contributed by atoms with Gasteiger partial charge in [-0.1, -0.05) is 47.5 Å². The standard InChI is InChI=1S/C26H21Cl2NO6/c1-13-5-4-6-15(11-13)29-21(14-7-9-16(30)10-8-14)19(23(32)26(29)33)22(31)17-12-18(27)25(35-3)20(28)24(17)34-2/h4-12,21,30-31H,1-3H3/b22-19+. The highest BCUT2D eigenvalue weighted by atomic mass is 35.5. The molecule has 3 aromatic carbocycles. The van der Waals surface area contributed by atoms with Gasteiger partial charge in [0.2, 0.25) is 0 Å². The van der Waals surface area contributed by atoms with E-state index in [-0.39, 0.29) is 38.4 Å². The number of aryl methyl sites for hydroxylation is 1. The van der Waals surface area contributed by atoms with Gasteiger partial charge in [-0.25, -0.2) is 0 Å². The molecule has 0 aromatic heterocycles. The van der Waals surface area contributed by atoms with Crippen LogP contribution in [0.1, 0.15) is 22.7 Å². The predicted molar refractivity (Wildman–Crippen MR) is 134 cm³/mol. The molecule has 1 unspecified atom stereocenters. The summed E-state index contributed by atoms with van der Waals surface area (Å²) in [5, 5.41) is 21.3. The van der Waals surface area contributed by atoms with E-state index in [4.69, 9.17) is 32.7 Å². The molecule has 0 radical (unpaired) electrons. The fourth-order valence-electron chi connectivity index (χ4n) is 4.14. The summed E-state index contributed by atoms with van der Waals surface area (Å²) in [5.74, 6) is -2.06. The predicted octanol–water partition coefficient (Wildman–Crippen LogP) is 5.65. The Kier molecular flexibility index (Phi) is 6.65. The molecule has 1 aliphatic heterocycles. The number of aromatic hydroxyl groups is 1. The third-order valence-corrected chi connectivity index (χ3v) is 6.35. The fraction of sp³-hybridized carbons (Fsp3) is 0.154. The topological polar surface area (TPSA) is 96.3 Å². The smallest absolute Gasteiger partial charge is 0.300 e. The molecule has 1 atom stereocenters. The lowest BCUT2D eigenvalue weighted by atomic mass is 9.94. The van der Waals surface area contributed by atoms with Crippen molar-refractivity contribution in [3.63, 3.8) is 0 Å².